The highest BCUT2D eigenvalue weighted by Crippen LogP contribution is 2.14. The number of benzene rings is 1. The van der Waals surface area contributed by atoms with Crippen molar-refractivity contribution in [1.82, 2.24) is 15.5 Å². The average Bonchev–Trinajstić information content (AvgIpc) is 2.59. The lowest BCUT2D eigenvalue weighted by Gasteiger charge is -2.27. The summed E-state index contributed by atoms with van der Waals surface area (Å²) in [5, 5.41) is 6.32. The van der Waals surface area contributed by atoms with Gasteiger partial charge in [0.25, 0.3) is 0 Å². The van der Waals surface area contributed by atoms with Gasteiger partial charge in [0.2, 0.25) is 0 Å². The first kappa shape index (κ1) is 17.3. The smallest absolute Gasteiger partial charge is 0.192 e. The van der Waals surface area contributed by atoms with Crippen molar-refractivity contribution in [2.75, 3.05) is 39.4 Å². The fraction of sp³-hybridized carbons (Fsp3) is 0.500. The SMILES string of the molecule is C#CCNC(=NCc1ccccc1CN1CCOCC1)NCC. The molecule has 2 N–H and O–H groups in total. The summed E-state index contributed by atoms with van der Waals surface area (Å²) in [5.41, 5.74) is 2.57. The highest BCUT2D eigenvalue weighted by Gasteiger charge is 2.12. The molecule has 1 heterocycles. The Morgan fingerprint density at radius 3 is 2.70 bits per heavy atom. The van der Waals surface area contributed by atoms with E-state index in [2.05, 4.69) is 50.7 Å². The molecule has 0 amide bonds. The standard InChI is InChI=1S/C18H26N4O/c1-3-9-20-18(19-4-2)21-14-16-7-5-6-8-17(16)15-22-10-12-23-13-11-22/h1,5-8H,4,9-15H2,2H3,(H2,19,20,21). The van der Waals surface area contributed by atoms with Crippen molar-refractivity contribution >= 4 is 5.96 Å². The zero-order chi connectivity index (χ0) is 16.3. The Hall–Kier alpha value is -2.03. The predicted molar refractivity (Wildman–Crippen MR) is 94.2 cm³/mol. The number of ether oxygens (including phenoxy) is 1. The zero-order valence-corrected chi connectivity index (χ0v) is 13.8. The summed E-state index contributed by atoms with van der Waals surface area (Å²) in [6, 6.07) is 8.48. The molecule has 5 nitrogen and oxygen atoms in total. The summed E-state index contributed by atoms with van der Waals surface area (Å²) in [6.45, 7) is 8.53. The van der Waals surface area contributed by atoms with Gasteiger partial charge in [0.05, 0.1) is 26.3 Å². The first-order valence-electron chi connectivity index (χ1n) is 8.16. The molecule has 1 aromatic carbocycles. The maximum atomic E-state index is 5.41. The lowest BCUT2D eigenvalue weighted by molar-refractivity contribution is 0.0341. The van der Waals surface area contributed by atoms with Crippen molar-refractivity contribution in [3.63, 3.8) is 0 Å². The van der Waals surface area contributed by atoms with Crippen LogP contribution in [0.25, 0.3) is 0 Å². The molecule has 124 valence electrons. The van der Waals surface area contributed by atoms with Crippen molar-refractivity contribution in [2.24, 2.45) is 4.99 Å². The average molecular weight is 314 g/mol. The number of guanidine groups is 1. The van der Waals surface area contributed by atoms with Gasteiger partial charge >= 0.3 is 0 Å². The molecular formula is C18H26N4O. The first-order valence-corrected chi connectivity index (χ1v) is 8.16. The number of hydrogen-bond donors (Lipinski definition) is 2. The minimum atomic E-state index is 0.473. The van der Waals surface area contributed by atoms with Gasteiger partial charge in [-0.2, -0.15) is 0 Å². The van der Waals surface area contributed by atoms with Gasteiger partial charge in [-0.3, -0.25) is 4.90 Å². The van der Waals surface area contributed by atoms with Gasteiger partial charge in [0, 0.05) is 26.2 Å². The largest absolute Gasteiger partial charge is 0.379 e. The summed E-state index contributed by atoms with van der Waals surface area (Å²) in [4.78, 5) is 7.06. The second-order valence-corrected chi connectivity index (χ2v) is 5.41. The van der Waals surface area contributed by atoms with Crippen LogP contribution in [0.2, 0.25) is 0 Å². The van der Waals surface area contributed by atoms with E-state index in [9.17, 15) is 0 Å². The maximum Gasteiger partial charge on any atom is 0.192 e. The summed E-state index contributed by atoms with van der Waals surface area (Å²) < 4.78 is 5.41. The molecule has 1 aliphatic rings. The van der Waals surface area contributed by atoms with E-state index in [4.69, 9.17) is 11.2 Å². The molecule has 1 aliphatic heterocycles. The van der Waals surface area contributed by atoms with Gasteiger partial charge in [-0.15, -0.1) is 6.42 Å². The lowest BCUT2D eigenvalue weighted by atomic mass is 10.1. The van der Waals surface area contributed by atoms with Crippen LogP contribution in [0.3, 0.4) is 0 Å². The van der Waals surface area contributed by atoms with Crippen LogP contribution in [0.4, 0.5) is 0 Å². The van der Waals surface area contributed by atoms with Crippen LogP contribution in [0, 0.1) is 12.3 Å². The van der Waals surface area contributed by atoms with Gasteiger partial charge in [0.1, 0.15) is 0 Å². The minimum Gasteiger partial charge on any atom is -0.379 e. The number of nitrogens with one attached hydrogen (secondary N) is 2. The van der Waals surface area contributed by atoms with E-state index in [-0.39, 0.29) is 0 Å². The normalized spacial score (nSPS) is 15.9. The van der Waals surface area contributed by atoms with E-state index in [1.165, 1.54) is 11.1 Å². The molecule has 0 saturated carbocycles. The Bertz CT molecular complexity index is 544. The lowest BCUT2D eigenvalue weighted by Crippen LogP contribution is -2.37. The quantitative estimate of drug-likeness (QED) is 0.471. The summed E-state index contributed by atoms with van der Waals surface area (Å²) in [5.74, 6) is 3.33. The molecule has 0 atom stereocenters. The predicted octanol–water partition coefficient (Wildman–Crippen LogP) is 1.21. The van der Waals surface area contributed by atoms with Gasteiger partial charge < -0.3 is 15.4 Å². The molecule has 0 bridgehead atoms. The van der Waals surface area contributed by atoms with E-state index >= 15 is 0 Å². The second kappa shape index (κ2) is 9.88. The number of morpholine rings is 1. The van der Waals surface area contributed by atoms with Crippen LogP contribution in [-0.2, 0) is 17.8 Å². The molecule has 1 fully saturated rings. The van der Waals surface area contributed by atoms with Crippen molar-refractivity contribution < 1.29 is 4.74 Å². The molecule has 23 heavy (non-hydrogen) atoms. The summed E-state index contributed by atoms with van der Waals surface area (Å²) >= 11 is 0. The topological polar surface area (TPSA) is 48.9 Å². The number of hydrogen-bond acceptors (Lipinski definition) is 3. The van der Waals surface area contributed by atoms with Crippen LogP contribution < -0.4 is 10.6 Å². The monoisotopic (exact) mass is 314 g/mol. The van der Waals surface area contributed by atoms with Crippen molar-refractivity contribution in [3.05, 3.63) is 35.4 Å². The van der Waals surface area contributed by atoms with Gasteiger partial charge in [-0.05, 0) is 18.1 Å². The first-order chi connectivity index (χ1) is 11.3. The van der Waals surface area contributed by atoms with Crippen LogP contribution in [0.5, 0.6) is 0 Å². The Labute approximate surface area is 139 Å². The van der Waals surface area contributed by atoms with Crippen LogP contribution in [0.15, 0.2) is 29.3 Å². The summed E-state index contributed by atoms with van der Waals surface area (Å²) in [6.07, 6.45) is 5.30. The molecule has 1 saturated heterocycles. The highest BCUT2D eigenvalue weighted by atomic mass is 16.5. The third-order valence-corrected chi connectivity index (χ3v) is 3.73. The van der Waals surface area contributed by atoms with E-state index < -0.39 is 0 Å². The van der Waals surface area contributed by atoms with Crippen LogP contribution in [0.1, 0.15) is 18.1 Å². The molecule has 1 aromatic rings. The molecule has 0 aromatic heterocycles. The Balaban J connectivity index is 2.02. The molecule has 5 heteroatoms. The van der Waals surface area contributed by atoms with Crippen molar-refractivity contribution in [3.8, 4) is 12.3 Å². The van der Waals surface area contributed by atoms with Crippen LogP contribution >= 0.6 is 0 Å². The van der Waals surface area contributed by atoms with E-state index in [1.54, 1.807) is 0 Å². The van der Waals surface area contributed by atoms with Gasteiger partial charge in [-0.1, -0.05) is 30.2 Å². The van der Waals surface area contributed by atoms with Crippen LogP contribution in [-0.4, -0.2) is 50.3 Å². The molecule has 0 unspecified atom stereocenters. The van der Waals surface area contributed by atoms with Gasteiger partial charge in [0.15, 0.2) is 5.96 Å². The highest BCUT2D eigenvalue weighted by molar-refractivity contribution is 5.80. The number of aliphatic imine (C=N–C) groups is 1. The number of nitrogens with zero attached hydrogens (tertiary/aromatic N) is 2. The van der Waals surface area contributed by atoms with Crippen molar-refractivity contribution in [1.29, 1.82) is 0 Å². The van der Waals surface area contributed by atoms with E-state index in [0.29, 0.717) is 13.1 Å². The molecule has 0 aliphatic carbocycles. The maximum absolute atomic E-state index is 5.41. The Kier molecular flexibility index (Phi) is 7.44. The Morgan fingerprint density at radius 2 is 2.00 bits per heavy atom. The second-order valence-electron chi connectivity index (χ2n) is 5.41. The molecule has 0 radical (unpaired) electrons. The van der Waals surface area contributed by atoms with E-state index in [1.807, 2.05) is 6.92 Å². The Morgan fingerprint density at radius 1 is 1.26 bits per heavy atom. The zero-order valence-electron chi connectivity index (χ0n) is 13.8. The number of terminal acetylenes is 1. The van der Waals surface area contributed by atoms with Crippen molar-refractivity contribution in [2.45, 2.75) is 20.0 Å². The third kappa shape index (κ3) is 5.93. The molecular weight excluding hydrogens is 288 g/mol. The van der Waals surface area contributed by atoms with E-state index in [0.717, 1.165) is 45.4 Å². The summed E-state index contributed by atoms with van der Waals surface area (Å²) in [7, 11) is 0. The fourth-order valence-corrected chi connectivity index (χ4v) is 2.51. The minimum absolute atomic E-state index is 0.473. The molecule has 2 rings (SSSR count). The third-order valence-electron chi connectivity index (χ3n) is 3.73. The fourth-order valence-electron chi connectivity index (χ4n) is 2.51. The molecule has 0 spiro atoms. The number of rotatable bonds is 6. The van der Waals surface area contributed by atoms with Gasteiger partial charge in [-0.25, -0.2) is 4.99 Å².